The molecule has 0 N–H and O–H groups in total. The number of carbonyl (C=O) groups excluding carboxylic acids is 1. The molecule has 0 saturated carbocycles. The van der Waals surface area contributed by atoms with Crippen molar-refractivity contribution in [1.29, 1.82) is 0 Å². The Labute approximate surface area is 190 Å². The monoisotopic (exact) mass is 457 g/mol. The fourth-order valence-corrected chi connectivity index (χ4v) is 3.22. The van der Waals surface area contributed by atoms with Gasteiger partial charge in [0.15, 0.2) is 11.5 Å². The van der Waals surface area contributed by atoms with E-state index in [1.807, 2.05) is 0 Å². The lowest BCUT2D eigenvalue weighted by atomic mass is 10.0. The van der Waals surface area contributed by atoms with Crippen LogP contribution in [0.5, 0.6) is 17.2 Å². The molecule has 0 unspecified atom stereocenters. The lowest BCUT2D eigenvalue weighted by Crippen LogP contribution is -2.09. The Bertz CT molecular complexity index is 1080. The first-order chi connectivity index (χ1) is 16.1. The number of hydrogen-bond acceptors (Lipinski definition) is 6. The van der Waals surface area contributed by atoms with Crippen LogP contribution in [0.1, 0.15) is 18.4 Å². The maximum atomic E-state index is 12.8. The topological polar surface area (TPSA) is 70.8 Å². The third-order valence-electron chi connectivity index (χ3n) is 4.75. The summed E-state index contributed by atoms with van der Waals surface area (Å²) >= 11 is 0. The fourth-order valence-electron chi connectivity index (χ4n) is 3.22. The number of aromatic nitrogens is 1. The molecule has 0 aliphatic carbocycles. The molecular formula is C25H25F2NO5. The molecule has 3 aromatic rings. The number of oxazole rings is 1. The zero-order valence-corrected chi connectivity index (χ0v) is 18.3. The first-order valence-corrected chi connectivity index (χ1v) is 10.4. The van der Waals surface area contributed by atoms with Crippen molar-refractivity contribution in [2.45, 2.75) is 25.7 Å². The van der Waals surface area contributed by atoms with Crippen LogP contribution in [0.25, 0.3) is 22.7 Å². The maximum absolute atomic E-state index is 12.8. The van der Waals surface area contributed by atoms with Crippen molar-refractivity contribution in [3.05, 3.63) is 60.9 Å². The minimum atomic E-state index is -2.64. The van der Waals surface area contributed by atoms with E-state index in [0.717, 1.165) is 6.29 Å². The Hall–Kier alpha value is -3.68. The van der Waals surface area contributed by atoms with Gasteiger partial charge in [0.2, 0.25) is 5.89 Å². The number of methoxy groups -OCH3 is 1. The van der Waals surface area contributed by atoms with E-state index in [-0.39, 0.29) is 12.2 Å². The summed E-state index contributed by atoms with van der Waals surface area (Å²) in [6.07, 6.45) is 2.63. The van der Waals surface area contributed by atoms with Gasteiger partial charge in [-0.2, -0.15) is 0 Å². The Kier molecular flexibility index (Phi) is 8.57. The molecule has 8 heteroatoms. The molecule has 0 fully saturated rings. The van der Waals surface area contributed by atoms with Crippen molar-refractivity contribution < 1.29 is 32.2 Å². The second kappa shape index (κ2) is 11.8. The van der Waals surface area contributed by atoms with Gasteiger partial charge in [-0.25, -0.2) is 13.8 Å². The predicted molar refractivity (Wildman–Crippen MR) is 120 cm³/mol. The number of halogens is 2. The zero-order chi connectivity index (χ0) is 23.6. The average molecular weight is 457 g/mol. The van der Waals surface area contributed by atoms with Crippen LogP contribution in [0.15, 0.2) is 59.7 Å². The van der Waals surface area contributed by atoms with Gasteiger partial charge < -0.3 is 23.4 Å². The number of benzene rings is 2. The van der Waals surface area contributed by atoms with E-state index in [2.05, 4.69) is 11.6 Å². The van der Waals surface area contributed by atoms with Gasteiger partial charge in [-0.1, -0.05) is 18.2 Å². The van der Waals surface area contributed by atoms with Crippen molar-refractivity contribution in [3.8, 4) is 40.0 Å². The molecule has 0 saturated heterocycles. The van der Waals surface area contributed by atoms with Gasteiger partial charge in [0, 0.05) is 17.5 Å². The highest BCUT2D eigenvalue weighted by atomic mass is 19.3. The van der Waals surface area contributed by atoms with Crippen LogP contribution in [0.4, 0.5) is 8.78 Å². The number of aryl methyl sites for hydroxylation is 1. The van der Waals surface area contributed by atoms with Crippen LogP contribution in [0, 0.1) is 0 Å². The van der Waals surface area contributed by atoms with Crippen molar-refractivity contribution in [2.24, 2.45) is 0 Å². The number of hydrogen-bond donors (Lipinski definition) is 0. The predicted octanol–water partition coefficient (Wildman–Crippen LogP) is 5.75. The minimum absolute atomic E-state index is 0.249. The van der Waals surface area contributed by atoms with E-state index in [4.69, 9.17) is 18.6 Å². The van der Waals surface area contributed by atoms with Crippen LogP contribution >= 0.6 is 0 Å². The van der Waals surface area contributed by atoms with Gasteiger partial charge in [-0.3, -0.25) is 0 Å². The van der Waals surface area contributed by atoms with Gasteiger partial charge in [0.1, 0.15) is 30.6 Å². The second-order valence-corrected chi connectivity index (χ2v) is 7.03. The molecule has 2 aromatic carbocycles. The molecule has 0 aliphatic rings. The first kappa shape index (κ1) is 24.0. The van der Waals surface area contributed by atoms with E-state index >= 15 is 0 Å². The van der Waals surface area contributed by atoms with Gasteiger partial charge >= 0.3 is 0 Å². The zero-order valence-electron chi connectivity index (χ0n) is 18.3. The van der Waals surface area contributed by atoms with Crippen molar-refractivity contribution in [3.63, 3.8) is 0 Å². The molecule has 0 amide bonds. The number of aldehydes is 1. The molecule has 6 nitrogen and oxygen atoms in total. The average Bonchev–Trinajstić information content (AvgIpc) is 3.31. The summed E-state index contributed by atoms with van der Waals surface area (Å²) in [6.45, 7) is 3.36. The summed E-state index contributed by atoms with van der Waals surface area (Å²) in [5.41, 5.74) is 2.23. The highest BCUT2D eigenvalue weighted by Gasteiger charge is 2.18. The van der Waals surface area contributed by atoms with Crippen molar-refractivity contribution in [1.82, 2.24) is 4.98 Å². The van der Waals surface area contributed by atoms with Gasteiger partial charge in [0.25, 0.3) is 6.43 Å². The Balaban J connectivity index is 1.94. The van der Waals surface area contributed by atoms with Crippen molar-refractivity contribution in [2.75, 3.05) is 20.3 Å². The standard InChI is InChI=1S/C25H25F2NO5/c1-3-4-13-31-22-14-18(10-11-21(22)30-2)25-28-20(15-33-25)19-9-5-7-17(8-6-12-29)24(19)32-16-23(26)27/h3,5,7,9-12,14-15,23H,1,4,6,8,13,16H2,2H3. The third-order valence-corrected chi connectivity index (χ3v) is 4.75. The summed E-state index contributed by atoms with van der Waals surface area (Å²) in [6, 6.07) is 10.5. The molecule has 33 heavy (non-hydrogen) atoms. The minimum Gasteiger partial charge on any atom is -0.493 e. The Morgan fingerprint density at radius 3 is 2.73 bits per heavy atom. The molecule has 174 valence electrons. The molecule has 0 atom stereocenters. The first-order valence-electron chi connectivity index (χ1n) is 10.4. The molecule has 0 bridgehead atoms. The normalized spacial score (nSPS) is 10.8. The maximum Gasteiger partial charge on any atom is 0.272 e. The fraction of sp³-hybridized carbons (Fsp3) is 0.280. The summed E-state index contributed by atoms with van der Waals surface area (Å²) in [5, 5.41) is 0. The van der Waals surface area contributed by atoms with E-state index in [9.17, 15) is 13.6 Å². The number of rotatable bonds is 13. The summed E-state index contributed by atoms with van der Waals surface area (Å²) in [5.74, 6) is 1.69. The van der Waals surface area contributed by atoms with Crippen LogP contribution < -0.4 is 14.2 Å². The smallest absolute Gasteiger partial charge is 0.272 e. The second-order valence-electron chi connectivity index (χ2n) is 7.03. The molecular weight excluding hydrogens is 432 g/mol. The van der Waals surface area contributed by atoms with Gasteiger partial charge in [-0.15, -0.1) is 6.58 Å². The number of carbonyl (C=O) groups is 1. The lowest BCUT2D eigenvalue weighted by molar-refractivity contribution is -0.107. The summed E-state index contributed by atoms with van der Waals surface area (Å²) in [4.78, 5) is 15.4. The quantitative estimate of drug-likeness (QED) is 0.185. The Morgan fingerprint density at radius 1 is 1.15 bits per heavy atom. The van der Waals surface area contributed by atoms with Crippen LogP contribution in [0.2, 0.25) is 0 Å². The molecule has 0 spiro atoms. The van der Waals surface area contributed by atoms with Crippen LogP contribution in [-0.4, -0.2) is 38.0 Å². The molecule has 1 heterocycles. The number of nitrogens with zero attached hydrogens (tertiary/aromatic N) is 1. The largest absolute Gasteiger partial charge is 0.493 e. The number of ether oxygens (including phenoxy) is 3. The Morgan fingerprint density at radius 2 is 2.00 bits per heavy atom. The molecule has 3 rings (SSSR count). The highest BCUT2D eigenvalue weighted by Crippen LogP contribution is 2.37. The van der Waals surface area contributed by atoms with Crippen LogP contribution in [-0.2, 0) is 11.2 Å². The SMILES string of the molecule is C=CCCOc1cc(-c2nc(-c3cccc(CCC=O)c3OCC(F)F)co2)ccc1OC. The summed E-state index contributed by atoms with van der Waals surface area (Å²) < 4.78 is 47.9. The number of alkyl halides is 2. The number of para-hydroxylation sites is 1. The highest BCUT2D eigenvalue weighted by molar-refractivity contribution is 5.71. The van der Waals surface area contributed by atoms with E-state index in [0.29, 0.717) is 59.2 Å². The summed E-state index contributed by atoms with van der Waals surface area (Å²) in [7, 11) is 1.55. The van der Waals surface area contributed by atoms with Crippen molar-refractivity contribution >= 4 is 6.29 Å². The van der Waals surface area contributed by atoms with Crippen LogP contribution in [0.3, 0.4) is 0 Å². The van der Waals surface area contributed by atoms with Gasteiger partial charge in [0.05, 0.1) is 13.7 Å². The molecule has 0 radical (unpaired) electrons. The third kappa shape index (κ3) is 6.19. The molecule has 0 aliphatic heterocycles. The van der Waals surface area contributed by atoms with E-state index < -0.39 is 13.0 Å². The van der Waals surface area contributed by atoms with E-state index in [1.54, 1.807) is 49.6 Å². The molecule has 1 aromatic heterocycles. The lowest BCUT2D eigenvalue weighted by Gasteiger charge is -2.14. The van der Waals surface area contributed by atoms with E-state index in [1.165, 1.54) is 6.26 Å². The van der Waals surface area contributed by atoms with Gasteiger partial charge in [-0.05, 0) is 42.7 Å².